The average Bonchev–Trinajstić information content (AvgIpc) is 2.46. The van der Waals surface area contributed by atoms with Gasteiger partial charge in [-0.15, -0.1) is 6.42 Å². The second kappa shape index (κ2) is 4.67. The fraction of sp³-hybridized carbons (Fsp3) is 0.0588. The molecule has 0 bridgehead atoms. The Hall–Kier alpha value is -2.86. The maximum Gasteiger partial charge on any atom is 0.184 e. The molecule has 1 unspecified atom stereocenters. The first-order valence-electron chi connectivity index (χ1n) is 6.14. The zero-order chi connectivity index (χ0) is 14.1. The Bertz CT molecular complexity index is 721. The van der Waals surface area contributed by atoms with E-state index in [0.717, 1.165) is 16.7 Å². The molecule has 2 N–H and O–H groups in total. The van der Waals surface area contributed by atoms with Crippen LogP contribution in [0.25, 0.3) is 11.6 Å². The Labute approximate surface area is 116 Å². The Morgan fingerprint density at radius 3 is 2.40 bits per heavy atom. The number of phenolic OH excluding ortho intramolecular Hbond substituents is 2. The van der Waals surface area contributed by atoms with E-state index in [-0.39, 0.29) is 11.5 Å². The number of phenols is 2. The van der Waals surface area contributed by atoms with Crippen molar-refractivity contribution in [2.24, 2.45) is 0 Å². The van der Waals surface area contributed by atoms with E-state index in [0.29, 0.717) is 5.75 Å². The Morgan fingerprint density at radius 1 is 1.00 bits per heavy atom. The van der Waals surface area contributed by atoms with Crippen molar-refractivity contribution in [2.45, 2.75) is 6.10 Å². The van der Waals surface area contributed by atoms with E-state index >= 15 is 0 Å². The summed E-state index contributed by atoms with van der Waals surface area (Å²) in [5, 5.41) is 18.8. The zero-order valence-corrected chi connectivity index (χ0v) is 10.6. The largest absolute Gasteiger partial charge is 0.508 e. The third-order valence-corrected chi connectivity index (χ3v) is 3.19. The molecule has 2 aromatic rings. The summed E-state index contributed by atoms with van der Waals surface area (Å²) in [7, 11) is 0. The summed E-state index contributed by atoms with van der Waals surface area (Å²) < 4.78 is 5.73. The van der Waals surface area contributed by atoms with Crippen LogP contribution in [-0.2, 0) is 0 Å². The van der Waals surface area contributed by atoms with Crippen LogP contribution >= 0.6 is 0 Å². The molecule has 0 amide bonds. The first-order chi connectivity index (χ1) is 9.67. The van der Waals surface area contributed by atoms with Crippen LogP contribution < -0.4 is 4.74 Å². The SMILES string of the molecule is C#CC1Oc2cc(O)ccc2C=C1c1ccc(O)cc1. The molecule has 1 heterocycles. The van der Waals surface area contributed by atoms with Gasteiger partial charge in [-0.1, -0.05) is 18.1 Å². The van der Waals surface area contributed by atoms with E-state index in [1.807, 2.05) is 6.08 Å². The van der Waals surface area contributed by atoms with Crippen LogP contribution in [0.3, 0.4) is 0 Å². The van der Waals surface area contributed by atoms with Gasteiger partial charge in [0.1, 0.15) is 17.2 Å². The highest BCUT2D eigenvalue weighted by Crippen LogP contribution is 2.36. The van der Waals surface area contributed by atoms with Crippen molar-refractivity contribution in [2.75, 3.05) is 0 Å². The van der Waals surface area contributed by atoms with E-state index < -0.39 is 6.10 Å². The Morgan fingerprint density at radius 2 is 1.70 bits per heavy atom. The molecule has 2 aromatic carbocycles. The summed E-state index contributed by atoms with van der Waals surface area (Å²) in [4.78, 5) is 0. The first kappa shape index (κ1) is 12.2. The first-order valence-corrected chi connectivity index (χ1v) is 6.14. The van der Waals surface area contributed by atoms with Crippen LogP contribution in [0.1, 0.15) is 11.1 Å². The lowest BCUT2D eigenvalue weighted by molar-refractivity contribution is 0.307. The lowest BCUT2D eigenvalue weighted by atomic mass is 9.95. The number of hydrogen-bond donors (Lipinski definition) is 2. The van der Waals surface area contributed by atoms with Gasteiger partial charge in [0.05, 0.1) is 0 Å². The van der Waals surface area contributed by atoms with E-state index in [4.69, 9.17) is 11.2 Å². The second-order valence-corrected chi connectivity index (χ2v) is 4.53. The van der Waals surface area contributed by atoms with Gasteiger partial charge in [-0.3, -0.25) is 0 Å². The van der Waals surface area contributed by atoms with Gasteiger partial charge in [0.15, 0.2) is 6.10 Å². The van der Waals surface area contributed by atoms with Gasteiger partial charge in [-0.05, 0) is 35.9 Å². The smallest absolute Gasteiger partial charge is 0.184 e. The molecule has 1 aliphatic heterocycles. The predicted molar refractivity (Wildman–Crippen MR) is 77.3 cm³/mol. The van der Waals surface area contributed by atoms with Crippen LogP contribution in [0, 0.1) is 12.3 Å². The number of aromatic hydroxyl groups is 2. The number of ether oxygens (including phenoxy) is 1. The molecule has 0 saturated carbocycles. The zero-order valence-electron chi connectivity index (χ0n) is 10.6. The van der Waals surface area contributed by atoms with E-state index in [2.05, 4.69) is 5.92 Å². The maximum absolute atomic E-state index is 9.48. The molecule has 0 fully saturated rings. The predicted octanol–water partition coefficient (Wildman–Crippen LogP) is 3.03. The second-order valence-electron chi connectivity index (χ2n) is 4.53. The van der Waals surface area contributed by atoms with Crippen LogP contribution in [-0.4, -0.2) is 16.3 Å². The normalized spacial score (nSPS) is 16.6. The number of fused-ring (bicyclic) bond motifs is 1. The minimum absolute atomic E-state index is 0.140. The van der Waals surface area contributed by atoms with Gasteiger partial charge in [0, 0.05) is 17.2 Å². The third-order valence-electron chi connectivity index (χ3n) is 3.19. The number of hydrogen-bond acceptors (Lipinski definition) is 3. The van der Waals surface area contributed by atoms with Gasteiger partial charge >= 0.3 is 0 Å². The van der Waals surface area contributed by atoms with Crippen molar-refractivity contribution in [1.29, 1.82) is 0 Å². The summed E-state index contributed by atoms with van der Waals surface area (Å²) in [6, 6.07) is 11.7. The monoisotopic (exact) mass is 264 g/mol. The van der Waals surface area contributed by atoms with E-state index in [1.165, 1.54) is 0 Å². The van der Waals surface area contributed by atoms with Crippen molar-refractivity contribution in [1.82, 2.24) is 0 Å². The quantitative estimate of drug-likeness (QED) is 0.778. The van der Waals surface area contributed by atoms with Gasteiger partial charge in [0.25, 0.3) is 0 Å². The lowest BCUT2D eigenvalue weighted by Gasteiger charge is -2.24. The molecule has 0 radical (unpaired) electrons. The highest BCUT2D eigenvalue weighted by molar-refractivity contribution is 5.89. The molecule has 3 rings (SSSR count). The van der Waals surface area contributed by atoms with Gasteiger partial charge < -0.3 is 14.9 Å². The fourth-order valence-corrected chi connectivity index (χ4v) is 2.19. The summed E-state index contributed by atoms with van der Waals surface area (Å²) in [5.74, 6) is 3.50. The highest BCUT2D eigenvalue weighted by atomic mass is 16.5. The maximum atomic E-state index is 9.48. The molecule has 0 spiro atoms. The van der Waals surface area contributed by atoms with Gasteiger partial charge in [-0.2, -0.15) is 0 Å². The summed E-state index contributed by atoms with van der Waals surface area (Å²) in [5.41, 5.74) is 2.60. The number of benzene rings is 2. The summed E-state index contributed by atoms with van der Waals surface area (Å²) >= 11 is 0. The summed E-state index contributed by atoms with van der Waals surface area (Å²) in [6.07, 6.45) is 6.95. The molecule has 20 heavy (non-hydrogen) atoms. The van der Waals surface area contributed by atoms with Crippen LogP contribution in [0.4, 0.5) is 0 Å². The molecular weight excluding hydrogens is 252 g/mol. The number of rotatable bonds is 1. The molecule has 3 heteroatoms. The van der Waals surface area contributed by atoms with Crippen molar-refractivity contribution in [3.8, 4) is 29.6 Å². The lowest BCUT2D eigenvalue weighted by Crippen LogP contribution is -2.19. The molecule has 1 atom stereocenters. The standard InChI is InChI=1S/C17H12O3/c1-2-16-15(11-3-6-13(18)7-4-11)9-12-5-8-14(19)10-17(12)20-16/h1,3-10,16,18-19H. The topological polar surface area (TPSA) is 49.7 Å². The van der Waals surface area contributed by atoms with Crippen molar-refractivity contribution in [3.63, 3.8) is 0 Å². The van der Waals surface area contributed by atoms with Gasteiger partial charge in [-0.25, -0.2) is 0 Å². The van der Waals surface area contributed by atoms with Crippen LogP contribution in [0.2, 0.25) is 0 Å². The Kier molecular flexibility index (Phi) is 2.85. The molecule has 0 aromatic heterocycles. The molecule has 98 valence electrons. The molecule has 1 aliphatic rings. The Balaban J connectivity index is 2.11. The molecule has 0 saturated heterocycles. The average molecular weight is 264 g/mol. The summed E-state index contributed by atoms with van der Waals surface area (Å²) in [6.45, 7) is 0. The van der Waals surface area contributed by atoms with Crippen LogP contribution in [0.5, 0.6) is 17.2 Å². The highest BCUT2D eigenvalue weighted by Gasteiger charge is 2.22. The molecular formula is C17H12O3. The van der Waals surface area contributed by atoms with Crippen molar-refractivity contribution >= 4 is 11.6 Å². The van der Waals surface area contributed by atoms with Crippen molar-refractivity contribution < 1.29 is 14.9 Å². The minimum Gasteiger partial charge on any atom is -0.508 e. The van der Waals surface area contributed by atoms with E-state index in [9.17, 15) is 10.2 Å². The molecule has 0 aliphatic carbocycles. The van der Waals surface area contributed by atoms with Crippen LogP contribution in [0.15, 0.2) is 42.5 Å². The van der Waals surface area contributed by atoms with Crippen molar-refractivity contribution in [3.05, 3.63) is 53.6 Å². The molecule has 3 nitrogen and oxygen atoms in total. The van der Waals surface area contributed by atoms with Gasteiger partial charge in [0.2, 0.25) is 0 Å². The third kappa shape index (κ3) is 2.08. The minimum atomic E-state index is -0.520. The van der Waals surface area contributed by atoms with E-state index in [1.54, 1.807) is 42.5 Å². The fourth-order valence-electron chi connectivity index (χ4n) is 2.19. The number of terminal acetylenes is 1.